The number of piperidine rings is 1. The van der Waals surface area contributed by atoms with Gasteiger partial charge in [0.05, 0.1) is 0 Å². The Morgan fingerprint density at radius 2 is 2.27 bits per heavy atom. The molecule has 1 aromatic rings. The first-order valence-corrected chi connectivity index (χ1v) is 6.53. The Bertz CT molecular complexity index is 329. The Hall–Kier alpha value is -0.340. The van der Waals surface area contributed by atoms with Crippen LogP contribution in [0.25, 0.3) is 0 Å². The van der Waals surface area contributed by atoms with Gasteiger partial charge in [-0.25, -0.2) is 0 Å². The highest BCUT2D eigenvalue weighted by Gasteiger charge is 2.13. The summed E-state index contributed by atoms with van der Waals surface area (Å²) in [6.07, 6.45) is 5.23. The lowest BCUT2D eigenvalue weighted by atomic mass is 9.95. The van der Waals surface area contributed by atoms with Crippen molar-refractivity contribution in [1.29, 1.82) is 0 Å². The number of nitrogens with one attached hydrogen (secondary N) is 1. The maximum absolute atomic E-state index is 3.60. The molecule has 1 fully saturated rings. The molecule has 0 spiro atoms. The van der Waals surface area contributed by atoms with Crippen molar-refractivity contribution in [1.82, 2.24) is 5.32 Å². The summed E-state index contributed by atoms with van der Waals surface area (Å²) in [5.74, 6) is 0. The first kappa shape index (κ1) is 11.2. The van der Waals surface area contributed by atoms with Gasteiger partial charge in [-0.15, -0.1) is 0 Å². The van der Waals surface area contributed by atoms with Crippen LogP contribution < -0.4 is 5.32 Å². The third-order valence-electron chi connectivity index (χ3n) is 3.18. The van der Waals surface area contributed by atoms with Gasteiger partial charge >= 0.3 is 0 Å². The summed E-state index contributed by atoms with van der Waals surface area (Å²) in [5.41, 5.74) is 2.88. The summed E-state index contributed by atoms with van der Waals surface area (Å²) in [5, 5.41) is 3.60. The highest BCUT2D eigenvalue weighted by Crippen LogP contribution is 2.19. The van der Waals surface area contributed by atoms with Crippen LogP contribution in [0.1, 0.15) is 30.4 Å². The first-order chi connectivity index (χ1) is 7.25. The molecule has 1 aliphatic heterocycles. The molecular weight excluding hydrogens is 250 g/mol. The second-order valence-electron chi connectivity index (χ2n) is 4.42. The van der Waals surface area contributed by atoms with Crippen LogP contribution in [0.3, 0.4) is 0 Å². The van der Waals surface area contributed by atoms with Crippen LogP contribution >= 0.6 is 15.9 Å². The van der Waals surface area contributed by atoms with Crippen molar-refractivity contribution < 1.29 is 0 Å². The molecule has 0 saturated carbocycles. The van der Waals surface area contributed by atoms with E-state index in [0.29, 0.717) is 6.04 Å². The van der Waals surface area contributed by atoms with Gasteiger partial charge in [0.1, 0.15) is 0 Å². The van der Waals surface area contributed by atoms with Gasteiger partial charge in [0.25, 0.3) is 0 Å². The summed E-state index contributed by atoms with van der Waals surface area (Å²) in [6, 6.07) is 7.29. The van der Waals surface area contributed by atoms with E-state index in [4.69, 9.17) is 0 Å². The molecule has 1 heterocycles. The van der Waals surface area contributed by atoms with Gasteiger partial charge in [0, 0.05) is 10.5 Å². The standard InChI is InChI=1S/C13H18BrN/c1-10-8-12(14)6-5-11(10)9-13-4-2-3-7-15-13/h5-6,8,13,15H,2-4,7,9H2,1H3. The van der Waals surface area contributed by atoms with Crippen LogP contribution in [-0.4, -0.2) is 12.6 Å². The van der Waals surface area contributed by atoms with E-state index in [1.807, 2.05) is 0 Å². The van der Waals surface area contributed by atoms with Crippen molar-refractivity contribution in [2.45, 2.75) is 38.6 Å². The Morgan fingerprint density at radius 1 is 1.40 bits per heavy atom. The lowest BCUT2D eigenvalue weighted by Gasteiger charge is -2.24. The van der Waals surface area contributed by atoms with E-state index in [1.165, 1.54) is 47.8 Å². The smallest absolute Gasteiger partial charge is 0.0178 e. The van der Waals surface area contributed by atoms with Crippen molar-refractivity contribution >= 4 is 15.9 Å². The van der Waals surface area contributed by atoms with Crippen LogP contribution in [0, 0.1) is 6.92 Å². The minimum absolute atomic E-state index is 0.693. The highest BCUT2D eigenvalue weighted by atomic mass is 79.9. The molecular formula is C13H18BrN. The summed E-state index contributed by atoms with van der Waals surface area (Å²) in [4.78, 5) is 0. The average molecular weight is 268 g/mol. The summed E-state index contributed by atoms with van der Waals surface area (Å²) in [7, 11) is 0. The molecule has 1 aliphatic rings. The molecule has 1 atom stereocenters. The Morgan fingerprint density at radius 3 is 2.93 bits per heavy atom. The van der Waals surface area contributed by atoms with Crippen LogP contribution in [0.2, 0.25) is 0 Å². The molecule has 0 aliphatic carbocycles. The topological polar surface area (TPSA) is 12.0 Å². The second kappa shape index (κ2) is 5.13. The lowest BCUT2D eigenvalue weighted by molar-refractivity contribution is 0.399. The van der Waals surface area contributed by atoms with Crippen molar-refractivity contribution in [3.63, 3.8) is 0 Å². The fourth-order valence-electron chi connectivity index (χ4n) is 2.25. The zero-order chi connectivity index (χ0) is 10.7. The third kappa shape index (κ3) is 3.05. The Kier molecular flexibility index (Phi) is 3.81. The normalized spacial score (nSPS) is 21.6. The van der Waals surface area contributed by atoms with E-state index in [0.717, 1.165) is 0 Å². The predicted molar refractivity (Wildman–Crippen MR) is 68.2 cm³/mol. The van der Waals surface area contributed by atoms with E-state index in [9.17, 15) is 0 Å². The van der Waals surface area contributed by atoms with Gasteiger partial charge < -0.3 is 5.32 Å². The number of rotatable bonds is 2. The SMILES string of the molecule is Cc1cc(Br)ccc1CC1CCCCN1. The minimum atomic E-state index is 0.693. The molecule has 1 nitrogen and oxygen atoms in total. The number of aryl methyl sites for hydroxylation is 1. The zero-order valence-corrected chi connectivity index (χ0v) is 10.8. The maximum atomic E-state index is 3.60. The highest BCUT2D eigenvalue weighted by molar-refractivity contribution is 9.10. The van der Waals surface area contributed by atoms with E-state index >= 15 is 0 Å². The second-order valence-corrected chi connectivity index (χ2v) is 5.34. The Labute approximate surface area is 100 Å². The maximum Gasteiger partial charge on any atom is 0.0178 e. The molecule has 1 unspecified atom stereocenters. The molecule has 1 aromatic carbocycles. The van der Waals surface area contributed by atoms with Gasteiger partial charge in [0.2, 0.25) is 0 Å². The quantitative estimate of drug-likeness (QED) is 0.866. The van der Waals surface area contributed by atoms with Crippen molar-refractivity contribution in [2.75, 3.05) is 6.54 Å². The first-order valence-electron chi connectivity index (χ1n) is 5.74. The summed E-state index contributed by atoms with van der Waals surface area (Å²) >= 11 is 3.51. The van der Waals surface area contributed by atoms with Gasteiger partial charge in [-0.2, -0.15) is 0 Å². The number of hydrogen-bond donors (Lipinski definition) is 1. The zero-order valence-electron chi connectivity index (χ0n) is 9.22. The van der Waals surface area contributed by atoms with E-state index in [-0.39, 0.29) is 0 Å². The summed E-state index contributed by atoms with van der Waals surface area (Å²) in [6.45, 7) is 3.39. The van der Waals surface area contributed by atoms with E-state index in [1.54, 1.807) is 0 Å². The van der Waals surface area contributed by atoms with Crippen LogP contribution in [0.15, 0.2) is 22.7 Å². The van der Waals surface area contributed by atoms with Gasteiger partial charge in [-0.3, -0.25) is 0 Å². The van der Waals surface area contributed by atoms with Crippen LogP contribution in [-0.2, 0) is 6.42 Å². The molecule has 0 amide bonds. The number of benzene rings is 1. The number of halogens is 1. The summed E-state index contributed by atoms with van der Waals surface area (Å²) < 4.78 is 1.18. The van der Waals surface area contributed by atoms with Gasteiger partial charge in [-0.05, 0) is 56.0 Å². The van der Waals surface area contributed by atoms with E-state index < -0.39 is 0 Å². The van der Waals surface area contributed by atoms with Gasteiger partial charge in [-0.1, -0.05) is 28.4 Å². The minimum Gasteiger partial charge on any atom is -0.314 e. The Balaban J connectivity index is 2.03. The average Bonchev–Trinajstić information content (AvgIpc) is 2.24. The lowest BCUT2D eigenvalue weighted by Crippen LogP contribution is -2.35. The van der Waals surface area contributed by atoms with Crippen LogP contribution in [0.4, 0.5) is 0 Å². The van der Waals surface area contributed by atoms with Crippen molar-refractivity contribution in [3.8, 4) is 0 Å². The molecule has 2 rings (SSSR count). The molecule has 1 N–H and O–H groups in total. The van der Waals surface area contributed by atoms with Gasteiger partial charge in [0.15, 0.2) is 0 Å². The molecule has 0 aromatic heterocycles. The molecule has 1 saturated heterocycles. The molecule has 0 radical (unpaired) electrons. The van der Waals surface area contributed by atoms with Crippen molar-refractivity contribution in [3.05, 3.63) is 33.8 Å². The fourth-order valence-corrected chi connectivity index (χ4v) is 2.73. The predicted octanol–water partition coefficient (Wildman–Crippen LogP) is 3.44. The van der Waals surface area contributed by atoms with E-state index in [2.05, 4.69) is 46.4 Å². The number of hydrogen-bond acceptors (Lipinski definition) is 1. The van der Waals surface area contributed by atoms with Crippen molar-refractivity contribution in [2.24, 2.45) is 0 Å². The fraction of sp³-hybridized carbons (Fsp3) is 0.538. The largest absolute Gasteiger partial charge is 0.314 e. The molecule has 0 bridgehead atoms. The monoisotopic (exact) mass is 267 g/mol. The third-order valence-corrected chi connectivity index (χ3v) is 3.68. The van der Waals surface area contributed by atoms with Crippen LogP contribution in [0.5, 0.6) is 0 Å². The molecule has 15 heavy (non-hydrogen) atoms. The molecule has 2 heteroatoms. The molecule has 82 valence electrons.